The van der Waals surface area contributed by atoms with Gasteiger partial charge in [-0.15, -0.1) is 11.3 Å². The van der Waals surface area contributed by atoms with Crippen LogP contribution < -0.4 is 5.32 Å². The van der Waals surface area contributed by atoms with Gasteiger partial charge in [0.2, 0.25) is 5.91 Å². The standard InChI is InChI=1S/C19H20N2O4S/c1-3-25-19(24)16-14-9-10-21(12(2)22)11-15(14)26-18(16)20-17(23)13-7-5-4-6-8-13/h4-8H,3,9-11H2,1-2H3,(H,20,23). The molecule has 0 spiro atoms. The molecule has 7 heteroatoms. The summed E-state index contributed by atoms with van der Waals surface area (Å²) in [7, 11) is 0. The van der Waals surface area contributed by atoms with Crippen molar-refractivity contribution >= 4 is 34.1 Å². The number of nitrogens with zero attached hydrogens (tertiary/aromatic N) is 1. The van der Waals surface area contributed by atoms with Crippen LogP contribution in [0.2, 0.25) is 0 Å². The number of fused-ring (bicyclic) bond motifs is 1. The highest BCUT2D eigenvalue weighted by molar-refractivity contribution is 7.17. The molecule has 0 aliphatic carbocycles. The lowest BCUT2D eigenvalue weighted by Crippen LogP contribution is -2.34. The average molecular weight is 372 g/mol. The quantitative estimate of drug-likeness (QED) is 0.837. The molecule has 0 fully saturated rings. The Morgan fingerprint density at radius 3 is 2.62 bits per heavy atom. The molecule has 1 aliphatic rings. The van der Waals surface area contributed by atoms with Crippen LogP contribution >= 0.6 is 11.3 Å². The fraction of sp³-hybridized carbons (Fsp3) is 0.316. The van der Waals surface area contributed by atoms with Gasteiger partial charge in [-0.05, 0) is 31.0 Å². The molecule has 2 heterocycles. The molecule has 6 nitrogen and oxygen atoms in total. The van der Waals surface area contributed by atoms with Crippen LogP contribution in [-0.2, 0) is 22.5 Å². The van der Waals surface area contributed by atoms with Crippen LogP contribution in [0.25, 0.3) is 0 Å². The van der Waals surface area contributed by atoms with Gasteiger partial charge < -0.3 is 15.0 Å². The van der Waals surface area contributed by atoms with Crippen LogP contribution in [0.4, 0.5) is 5.00 Å². The zero-order valence-electron chi connectivity index (χ0n) is 14.7. The van der Waals surface area contributed by atoms with E-state index in [1.54, 1.807) is 36.1 Å². The third kappa shape index (κ3) is 3.62. The van der Waals surface area contributed by atoms with Crippen molar-refractivity contribution in [2.75, 3.05) is 18.5 Å². The fourth-order valence-electron chi connectivity index (χ4n) is 2.94. The van der Waals surface area contributed by atoms with E-state index in [0.29, 0.717) is 35.6 Å². The first-order valence-corrected chi connectivity index (χ1v) is 9.26. The second-order valence-corrected chi connectivity index (χ2v) is 7.04. The van der Waals surface area contributed by atoms with Gasteiger partial charge in [-0.2, -0.15) is 0 Å². The van der Waals surface area contributed by atoms with Crippen LogP contribution in [-0.4, -0.2) is 35.8 Å². The maximum atomic E-state index is 12.5. The van der Waals surface area contributed by atoms with Crippen LogP contribution in [0.1, 0.15) is 45.0 Å². The SMILES string of the molecule is CCOC(=O)c1c(NC(=O)c2ccccc2)sc2c1CCN(C(C)=O)C2. The van der Waals surface area contributed by atoms with Crippen molar-refractivity contribution in [2.45, 2.75) is 26.8 Å². The number of nitrogens with one attached hydrogen (secondary N) is 1. The minimum Gasteiger partial charge on any atom is -0.462 e. The van der Waals surface area contributed by atoms with Crippen molar-refractivity contribution in [3.63, 3.8) is 0 Å². The molecule has 0 radical (unpaired) electrons. The molecular formula is C19H20N2O4S. The smallest absolute Gasteiger partial charge is 0.341 e. The van der Waals surface area contributed by atoms with Gasteiger partial charge in [0.25, 0.3) is 5.91 Å². The molecule has 1 aliphatic heterocycles. The van der Waals surface area contributed by atoms with E-state index in [-0.39, 0.29) is 18.4 Å². The van der Waals surface area contributed by atoms with Gasteiger partial charge in [0, 0.05) is 23.9 Å². The van der Waals surface area contributed by atoms with Crippen molar-refractivity contribution in [3.05, 3.63) is 51.9 Å². The summed E-state index contributed by atoms with van der Waals surface area (Å²) in [5.41, 5.74) is 1.80. The van der Waals surface area contributed by atoms with Crippen molar-refractivity contribution in [1.29, 1.82) is 0 Å². The summed E-state index contributed by atoms with van der Waals surface area (Å²) in [4.78, 5) is 39.3. The molecule has 1 N–H and O–H groups in total. The maximum absolute atomic E-state index is 12.5. The highest BCUT2D eigenvalue weighted by Gasteiger charge is 2.30. The minimum absolute atomic E-state index is 0.00314. The van der Waals surface area contributed by atoms with E-state index in [2.05, 4.69) is 5.32 Å². The Balaban J connectivity index is 1.95. The number of ether oxygens (including phenoxy) is 1. The molecule has 136 valence electrons. The van der Waals surface area contributed by atoms with Crippen LogP contribution in [0, 0.1) is 0 Å². The summed E-state index contributed by atoms with van der Waals surface area (Å²) < 4.78 is 5.19. The molecular weight excluding hydrogens is 352 g/mol. The molecule has 3 rings (SSSR count). The van der Waals surface area contributed by atoms with Gasteiger partial charge in [-0.25, -0.2) is 4.79 Å². The molecule has 0 saturated heterocycles. The van der Waals surface area contributed by atoms with Crippen molar-refractivity contribution in [2.24, 2.45) is 0 Å². The lowest BCUT2D eigenvalue weighted by molar-refractivity contribution is -0.129. The number of rotatable bonds is 4. The number of hydrogen-bond acceptors (Lipinski definition) is 5. The summed E-state index contributed by atoms with van der Waals surface area (Å²) in [6.07, 6.45) is 0.570. The topological polar surface area (TPSA) is 75.7 Å². The highest BCUT2D eigenvalue weighted by Crippen LogP contribution is 2.38. The van der Waals surface area contributed by atoms with Gasteiger partial charge >= 0.3 is 5.97 Å². The first kappa shape index (κ1) is 18.1. The summed E-state index contributed by atoms with van der Waals surface area (Å²) in [5.74, 6) is -0.723. The molecule has 2 amide bonds. The van der Waals surface area contributed by atoms with E-state index >= 15 is 0 Å². The Morgan fingerprint density at radius 1 is 1.23 bits per heavy atom. The van der Waals surface area contributed by atoms with E-state index in [1.807, 2.05) is 6.07 Å². The number of carbonyl (C=O) groups excluding carboxylic acids is 3. The Kier molecular flexibility index (Phi) is 5.37. The predicted molar refractivity (Wildman–Crippen MR) is 99.5 cm³/mol. The Labute approximate surface area is 155 Å². The molecule has 26 heavy (non-hydrogen) atoms. The Bertz CT molecular complexity index is 845. The number of thiophene rings is 1. The van der Waals surface area contributed by atoms with Crippen molar-refractivity contribution < 1.29 is 19.1 Å². The van der Waals surface area contributed by atoms with Crippen molar-refractivity contribution in [3.8, 4) is 0 Å². The van der Waals surface area contributed by atoms with E-state index in [1.165, 1.54) is 18.3 Å². The second kappa shape index (κ2) is 7.70. The third-order valence-corrected chi connectivity index (χ3v) is 5.38. The third-order valence-electron chi connectivity index (χ3n) is 4.24. The first-order valence-electron chi connectivity index (χ1n) is 8.44. The molecule has 0 saturated carbocycles. The molecule has 0 atom stereocenters. The van der Waals surface area contributed by atoms with Crippen LogP contribution in [0.3, 0.4) is 0 Å². The summed E-state index contributed by atoms with van der Waals surface area (Å²) in [5, 5.41) is 3.32. The van der Waals surface area contributed by atoms with Gasteiger partial charge in [-0.1, -0.05) is 18.2 Å². The van der Waals surface area contributed by atoms with E-state index < -0.39 is 5.97 Å². The number of benzene rings is 1. The number of carbonyl (C=O) groups is 3. The summed E-state index contributed by atoms with van der Waals surface area (Å²) in [6.45, 7) is 4.54. The van der Waals surface area contributed by atoms with E-state index in [4.69, 9.17) is 4.74 Å². The van der Waals surface area contributed by atoms with E-state index in [9.17, 15) is 14.4 Å². The van der Waals surface area contributed by atoms with Crippen molar-refractivity contribution in [1.82, 2.24) is 4.90 Å². The predicted octanol–water partition coefficient (Wildman–Crippen LogP) is 3.08. The number of amides is 2. The lowest BCUT2D eigenvalue weighted by atomic mass is 10.0. The van der Waals surface area contributed by atoms with Gasteiger partial charge in [-0.3, -0.25) is 9.59 Å². The largest absolute Gasteiger partial charge is 0.462 e. The zero-order valence-corrected chi connectivity index (χ0v) is 15.5. The summed E-state index contributed by atoms with van der Waals surface area (Å²) in [6, 6.07) is 8.83. The molecule has 1 aromatic carbocycles. The Morgan fingerprint density at radius 2 is 1.96 bits per heavy atom. The fourth-order valence-corrected chi connectivity index (χ4v) is 4.19. The Hall–Kier alpha value is -2.67. The van der Waals surface area contributed by atoms with Gasteiger partial charge in [0.15, 0.2) is 0 Å². The average Bonchev–Trinajstić information content (AvgIpc) is 2.99. The molecule has 2 aromatic rings. The molecule has 1 aromatic heterocycles. The molecule has 0 unspecified atom stereocenters. The van der Waals surface area contributed by atoms with Gasteiger partial charge in [0.1, 0.15) is 5.00 Å². The maximum Gasteiger partial charge on any atom is 0.341 e. The highest BCUT2D eigenvalue weighted by atomic mass is 32.1. The van der Waals surface area contributed by atoms with Crippen LogP contribution in [0.15, 0.2) is 30.3 Å². The lowest BCUT2D eigenvalue weighted by Gasteiger charge is -2.25. The zero-order chi connectivity index (χ0) is 18.7. The summed E-state index contributed by atoms with van der Waals surface area (Å²) >= 11 is 1.33. The second-order valence-electron chi connectivity index (χ2n) is 5.94. The van der Waals surface area contributed by atoms with Crippen LogP contribution in [0.5, 0.6) is 0 Å². The first-order chi connectivity index (χ1) is 12.5. The monoisotopic (exact) mass is 372 g/mol. The minimum atomic E-state index is -0.440. The number of hydrogen-bond donors (Lipinski definition) is 1. The normalized spacial score (nSPS) is 13.1. The molecule has 0 bridgehead atoms. The number of esters is 1. The number of anilines is 1. The van der Waals surface area contributed by atoms with Gasteiger partial charge in [0.05, 0.1) is 18.7 Å². The van der Waals surface area contributed by atoms with E-state index in [0.717, 1.165) is 10.4 Å².